The summed E-state index contributed by atoms with van der Waals surface area (Å²) < 4.78 is 0. The molecule has 2 heterocycles. The first kappa shape index (κ1) is 16.1. The monoisotopic (exact) mass is 361 g/mol. The number of piperidine rings is 1. The Morgan fingerprint density at radius 1 is 1.38 bits per heavy atom. The Bertz CT molecular complexity index is 754. The normalized spacial score (nSPS) is 21.6. The lowest BCUT2D eigenvalue weighted by Crippen LogP contribution is -2.31. The van der Waals surface area contributed by atoms with E-state index in [1.165, 1.54) is 11.3 Å². The second kappa shape index (κ2) is 6.47. The van der Waals surface area contributed by atoms with E-state index in [9.17, 15) is 4.79 Å². The van der Waals surface area contributed by atoms with Crippen molar-refractivity contribution in [2.45, 2.75) is 25.7 Å². The maximum absolute atomic E-state index is 12.5. The molecule has 1 aromatic carbocycles. The van der Waals surface area contributed by atoms with E-state index in [1.54, 1.807) is 0 Å². The van der Waals surface area contributed by atoms with Crippen LogP contribution in [-0.2, 0) is 11.2 Å². The van der Waals surface area contributed by atoms with Crippen LogP contribution in [-0.4, -0.2) is 24.0 Å². The van der Waals surface area contributed by atoms with Crippen molar-refractivity contribution in [2.24, 2.45) is 11.3 Å². The molecule has 4 rings (SSSR count). The van der Waals surface area contributed by atoms with Crippen LogP contribution in [0.25, 0.3) is 0 Å². The third kappa shape index (κ3) is 3.21. The van der Waals surface area contributed by atoms with Gasteiger partial charge in [0, 0.05) is 28.4 Å². The van der Waals surface area contributed by atoms with Crippen molar-refractivity contribution in [3.8, 4) is 0 Å². The molecule has 2 aromatic rings. The van der Waals surface area contributed by atoms with E-state index >= 15 is 0 Å². The summed E-state index contributed by atoms with van der Waals surface area (Å²) in [5.41, 5.74) is 1.34. The third-order valence-corrected chi connectivity index (χ3v) is 6.49. The number of aromatic nitrogens is 1. The minimum Gasteiger partial charge on any atom is -0.317 e. The maximum atomic E-state index is 12.5. The van der Waals surface area contributed by atoms with Gasteiger partial charge in [0.05, 0.1) is 0 Å². The molecule has 24 heavy (non-hydrogen) atoms. The van der Waals surface area contributed by atoms with E-state index in [0.29, 0.717) is 5.13 Å². The fourth-order valence-corrected chi connectivity index (χ4v) is 4.71. The fourth-order valence-electron chi connectivity index (χ4n) is 3.66. The van der Waals surface area contributed by atoms with Gasteiger partial charge in [-0.2, -0.15) is 0 Å². The first-order valence-electron chi connectivity index (χ1n) is 8.36. The van der Waals surface area contributed by atoms with E-state index in [0.717, 1.165) is 54.2 Å². The van der Waals surface area contributed by atoms with E-state index in [2.05, 4.69) is 15.6 Å². The fraction of sp³-hybridized carbons (Fsp3) is 0.444. The van der Waals surface area contributed by atoms with E-state index in [4.69, 9.17) is 11.6 Å². The summed E-state index contributed by atoms with van der Waals surface area (Å²) in [6.45, 7) is 2.06. The molecule has 4 nitrogen and oxygen atoms in total. The zero-order chi connectivity index (χ0) is 16.6. The number of thiazole rings is 1. The van der Waals surface area contributed by atoms with Crippen molar-refractivity contribution < 1.29 is 4.79 Å². The van der Waals surface area contributed by atoms with E-state index < -0.39 is 0 Å². The van der Waals surface area contributed by atoms with Crippen molar-refractivity contribution in [3.63, 3.8) is 0 Å². The van der Waals surface area contributed by atoms with Gasteiger partial charge in [0.2, 0.25) is 5.91 Å². The number of rotatable bonds is 4. The Morgan fingerprint density at radius 3 is 2.96 bits per heavy atom. The van der Waals surface area contributed by atoms with Gasteiger partial charge in [-0.05, 0) is 49.4 Å². The summed E-state index contributed by atoms with van der Waals surface area (Å²) in [5.74, 6) is 0.297. The number of carbonyl (C=O) groups excluding carboxylic acids is 1. The quantitative estimate of drug-likeness (QED) is 0.872. The summed E-state index contributed by atoms with van der Waals surface area (Å²) in [6.07, 6.45) is 5.82. The molecule has 126 valence electrons. The van der Waals surface area contributed by atoms with Crippen LogP contribution in [0.1, 0.15) is 29.7 Å². The third-order valence-electron chi connectivity index (χ3n) is 5.21. The highest BCUT2D eigenvalue weighted by Crippen LogP contribution is 2.58. The average molecular weight is 362 g/mol. The number of hydrogen-bond donors (Lipinski definition) is 2. The highest BCUT2D eigenvalue weighted by atomic mass is 35.5. The second-order valence-corrected chi connectivity index (χ2v) is 8.28. The van der Waals surface area contributed by atoms with Gasteiger partial charge in [0.15, 0.2) is 5.13 Å². The maximum Gasteiger partial charge on any atom is 0.229 e. The SMILES string of the molecule is O=C(Nc1ncc(Cc2ccccc2Cl)s1)C1CC12CCNCC2. The molecule has 2 fully saturated rings. The molecule has 1 aromatic heterocycles. The largest absolute Gasteiger partial charge is 0.317 e. The summed E-state index contributed by atoms with van der Waals surface area (Å²) in [5, 5.41) is 7.84. The smallest absolute Gasteiger partial charge is 0.229 e. The number of hydrogen-bond acceptors (Lipinski definition) is 4. The number of benzene rings is 1. The zero-order valence-electron chi connectivity index (χ0n) is 13.3. The minimum absolute atomic E-state index is 0.135. The number of nitrogens with zero attached hydrogens (tertiary/aromatic N) is 1. The molecule has 6 heteroatoms. The molecule has 2 N–H and O–H groups in total. The molecular weight excluding hydrogens is 342 g/mol. The molecule has 2 aliphatic rings. The van der Waals surface area contributed by atoms with E-state index in [1.807, 2.05) is 30.5 Å². The molecule has 1 amide bonds. The molecule has 1 unspecified atom stereocenters. The van der Waals surface area contributed by atoms with Crippen LogP contribution in [0.5, 0.6) is 0 Å². The Morgan fingerprint density at radius 2 is 2.17 bits per heavy atom. The van der Waals surface area contributed by atoms with Gasteiger partial charge in [-0.15, -0.1) is 11.3 Å². The van der Waals surface area contributed by atoms with Gasteiger partial charge >= 0.3 is 0 Å². The summed E-state index contributed by atoms with van der Waals surface area (Å²) >= 11 is 7.74. The Balaban J connectivity index is 1.37. The highest BCUT2D eigenvalue weighted by Gasteiger charge is 2.57. The Hall–Kier alpha value is -1.43. The van der Waals surface area contributed by atoms with Gasteiger partial charge in [-0.25, -0.2) is 4.98 Å². The van der Waals surface area contributed by atoms with Crippen LogP contribution >= 0.6 is 22.9 Å². The molecule has 1 aliphatic carbocycles. The van der Waals surface area contributed by atoms with Crippen molar-refractivity contribution >= 4 is 34.0 Å². The predicted octanol–water partition coefficient (Wildman–Crippen LogP) is 3.72. The lowest BCUT2D eigenvalue weighted by atomic mass is 9.92. The average Bonchev–Trinajstić information content (AvgIpc) is 3.09. The number of carbonyl (C=O) groups is 1. The molecule has 0 radical (unpaired) electrons. The first-order chi connectivity index (χ1) is 11.7. The van der Waals surface area contributed by atoms with E-state index in [-0.39, 0.29) is 17.2 Å². The molecular formula is C18H20ClN3OS. The van der Waals surface area contributed by atoms with Crippen LogP contribution in [0.15, 0.2) is 30.5 Å². The highest BCUT2D eigenvalue weighted by molar-refractivity contribution is 7.15. The summed E-state index contributed by atoms with van der Waals surface area (Å²) in [7, 11) is 0. The Labute approximate surface area is 150 Å². The van der Waals surface area contributed by atoms with Gasteiger partial charge < -0.3 is 10.6 Å². The molecule has 1 saturated carbocycles. The lowest BCUT2D eigenvalue weighted by Gasteiger charge is -2.22. The standard InChI is InChI=1S/C18H20ClN3OS/c19-15-4-2-1-3-12(15)9-13-11-21-17(24-13)22-16(23)14-10-18(14)5-7-20-8-6-18/h1-4,11,14,20H,5-10H2,(H,21,22,23). The van der Waals surface area contributed by atoms with Crippen LogP contribution in [0.2, 0.25) is 5.02 Å². The number of halogens is 1. The zero-order valence-corrected chi connectivity index (χ0v) is 14.9. The molecule has 1 atom stereocenters. The topological polar surface area (TPSA) is 54.0 Å². The van der Waals surface area contributed by atoms with Gasteiger partial charge in [0.1, 0.15) is 0 Å². The first-order valence-corrected chi connectivity index (χ1v) is 9.55. The Kier molecular flexibility index (Phi) is 4.33. The minimum atomic E-state index is 0.135. The number of nitrogens with one attached hydrogen (secondary N) is 2. The molecule has 1 spiro atoms. The van der Waals surface area contributed by atoms with Gasteiger partial charge in [0.25, 0.3) is 0 Å². The predicted molar refractivity (Wildman–Crippen MR) is 97.6 cm³/mol. The molecule has 1 saturated heterocycles. The van der Waals surface area contributed by atoms with Crippen LogP contribution in [0.3, 0.4) is 0 Å². The number of amides is 1. The summed E-state index contributed by atoms with van der Waals surface area (Å²) in [6, 6.07) is 7.82. The molecule has 0 bridgehead atoms. The van der Waals surface area contributed by atoms with Crippen molar-refractivity contribution in [1.29, 1.82) is 0 Å². The molecule has 1 aliphatic heterocycles. The van der Waals surface area contributed by atoms with Crippen molar-refractivity contribution in [2.75, 3.05) is 18.4 Å². The second-order valence-electron chi connectivity index (χ2n) is 6.76. The van der Waals surface area contributed by atoms with Crippen LogP contribution in [0.4, 0.5) is 5.13 Å². The lowest BCUT2D eigenvalue weighted by molar-refractivity contribution is -0.118. The van der Waals surface area contributed by atoms with Gasteiger partial charge in [-0.3, -0.25) is 4.79 Å². The number of anilines is 1. The van der Waals surface area contributed by atoms with Gasteiger partial charge in [-0.1, -0.05) is 29.8 Å². The summed E-state index contributed by atoms with van der Waals surface area (Å²) in [4.78, 5) is 17.9. The van der Waals surface area contributed by atoms with Crippen molar-refractivity contribution in [1.82, 2.24) is 10.3 Å². The van der Waals surface area contributed by atoms with Crippen LogP contribution in [0, 0.1) is 11.3 Å². The van der Waals surface area contributed by atoms with Crippen LogP contribution < -0.4 is 10.6 Å². The van der Waals surface area contributed by atoms with Crippen molar-refractivity contribution in [3.05, 3.63) is 45.9 Å².